The molecule has 2 atom stereocenters. The van der Waals surface area contributed by atoms with Crippen LogP contribution >= 0.6 is 0 Å². The third kappa shape index (κ3) is 7.50. The second-order valence-corrected chi connectivity index (χ2v) is 15.0. The van der Waals surface area contributed by atoms with Crippen LogP contribution in [0.25, 0.3) is 11.1 Å². The third-order valence-electron chi connectivity index (χ3n) is 8.14. The van der Waals surface area contributed by atoms with Gasteiger partial charge in [-0.15, -0.1) is 0 Å². The van der Waals surface area contributed by atoms with Gasteiger partial charge in [-0.2, -0.15) is 9.40 Å². The second-order valence-electron chi connectivity index (χ2n) is 11.3. The normalized spacial score (nSPS) is 19.8. The van der Waals surface area contributed by atoms with E-state index in [0.717, 1.165) is 24.1 Å². The molecule has 3 N–H and O–H groups in total. The number of piperidine rings is 1. The monoisotopic (exact) mass is 647 g/mol. The quantitative estimate of drug-likeness (QED) is 0.254. The number of aryl methyl sites for hydroxylation is 1. The Balaban J connectivity index is 1.09. The van der Waals surface area contributed by atoms with Gasteiger partial charge in [0.05, 0.1) is 28.2 Å². The van der Waals surface area contributed by atoms with Gasteiger partial charge < -0.3 is 19.9 Å². The Morgan fingerprint density at radius 2 is 1.82 bits per heavy atom. The minimum absolute atomic E-state index is 0.00854. The predicted molar refractivity (Wildman–Crippen MR) is 165 cm³/mol. The van der Waals surface area contributed by atoms with Gasteiger partial charge in [0.1, 0.15) is 18.5 Å². The molecular weight excluding hydrogens is 606 g/mol. The number of aliphatic hydroxyl groups is 1. The van der Waals surface area contributed by atoms with Gasteiger partial charge in [-0.3, -0.25) is 4.68 Å². The molecule has 2 aromatic carbocycles. The number of nitrogens with zero attached hydrogens (tertiary/aromatic N) is 3. The lowest BCUT2D eigenvalue weighted by atomic mass is 9.88. The van der Waals surface area contributed by atoms with Gasteiger partial charge in [0, 0.05) is 56.6 Å². The summed E-state index contributed by atoms with van der Waals surface area (Å²) in [6, 6.07) is 13.2. The summed E-state index contributed by atoms with van der Waals surface area (Å²) in [6.07, 6.45) is 4.73. The number of aliphatic hydroxyl groups excluding tert-OH is 1. The molecule has 1 aromatic heterocycles. The summed E-state index contributed by atoms with van der Waals surface area (Å²) < 4.78 is 69.1. The molecule has 0 aliphatic carbocycles. The molecule has 3 aromatic rings. The number of hydrogen-bond acceptors (Lipinski definition) is 9. The van der Waals surface area contributed by atoms with E-state index < -0.39 is 31.8 Å². The molecule has 2 aliphatic heterocycles. The Kier molecular flexibility index (Phi) is 10.1. The molecule has 1 spiro atoms. The number of benzene rings is 2. The van der Waals surface area contributed by atoms with Gasteiger partial charge in [-0.05, 0) is 56.0 Å². The summed E-state index contributed by atoms with van der Waals surface area (Å²) in [6.45, 7) is 6.19. The van der Waals surface area contributed by atoms with E-state index in [1.165, 1.54) is 16.4 Å². The van der Waals surface area contributed by atoms with Crippen LogP contribution in [0.4, 0.5) is 0 Å². The SMILES string of the molecule is CCNS(=O)(=O)c1cccc(OCC(O)CNC2COC3(CCN(S(=O)(=O)c4cccc(-c5cnn(CC)c5)c4)CC3)C2)c1. The van der Waals surface area contributed by atoms with Crippen molar-refractivity contribution in [2.45, 2.75) is 67.2 Å². The summed E-state index contributed by atoms with van der Waals surface area (Å²) in [4.78, 5) is 0.370. The van der Waals surface area contributed by atoms with Crippen molar-refractivity contribution in [3.63, 3.8) is 0 Å². The molecule has 12 nitrogen and oxygen atoms in total. The Hall–Kier alpha value is -2.85. The molecule has 240 valence electrons. The van der Waals surface area contributed by atoms with Crippen LogP contribution in [0.5, 0.6) is 5.75 Å². The summed E-state index contributed by atoms with van der Waals surface area (Å²) >= 11 is 0. The zero-order valence-corrected chi connectivity index (χ0v) is 26.7. The average Bonchev–Trinajstić information content (AvgIpc) is 3.67. The smallest absolute Gasteiger partial charge is 0.243 e. The van der Waals surface area contributed by atoms with Crippen molar-refractivity contribution in [1.82, 2.24) is 24.1 Å². The largest absolute Gasteiger partial charge is 0.491 e. The Morgan fingerprint density at radius 3 is 2.55 bits per heavy atom. The first kappa shape index (κ1) is 32.5. The predicted octanol–water partition coefficient (Wildman–Crippen LogP) is 2.21. The van der Waals surface area contributed by atoms with Gasteiger partial charge in [-0.25, -0.2) is 21.6 Å². The van der Waals surface area contributed by atoms with E-state index in [2.05, 4.69) is 15.1 Å². The highest BCUT2D eigenvalue weighted by atomic mass is 32.2. The zero-order valence-electron chi connectivity index (χ0n) is 25.1. The number of nitrogens with one attached hydrogen (secondary N) is 2. The van der Waals surface area contributed by atoms with Crippen LogP contribution in [0.2, 0.25) is 0 Å². The van der Waals surface area contributed by atoms with Crippen molar-refractivity contribution >= 4 is 20.0 Å². The summed E-state index contributed by atoms with van der Waals surface area (Å²) in [5.41, 5.74) is 1.28. The number of rotatable bonds is 13. The van der Waals surface area contributed by atoms with Crippen LogP contribution in [0, 0.1) is 0 Å². The summed E-state index contributed by atoms with van der Waals surface area (Å²) in [5.74, 6) is 0.354. The minimum Gasteiger partial charge on any atom is -0.491 e. The lowest BCUT2D eigenvalue weighted by Crippen LogP contribution is -2.47. The first-order valence-corrected chi connectivity index (χ1v) is 17.9. The van der Waals surface area contributed by atoms with Crippen LogP contribution in [0.15, 0.2) is 70.7 Å². The lowest BCUT2D eigenvalue weighted by molar-refractivity contribution is -0.0312. The van der Waals surface area contributed by atoms with Gasteiger partial charge in [0.25, 0.3) is 0 Å². The number of hydrogen-bond donors (Lipinski definition) is 3. The van der Waals surface area contributed by atoms with E-state index in [1.807, 2.05) is 19.2 Å². The van der Waals surface area contributed by atoms with Crippen LogP contribution in [0.1, 0.15) is 33.1 Å². The van der Waals surface area contributed by atoms with E-state index >= 15 is 0 Å². The molecule has 2 aliphatic rings. The minimum atomic E-state index is -3.66. The van der Waals surface area contributed by atoms with Crippen LogP contribution in [-0.4, -0.2) is 93.2 Å². The van der Waals surface area contributed by atoms with Gasteiger partial charge in [0.15, 0.2) is 0 Å². The third-order valence-corrected chi connectivity index (χ3v) is 11.6. The molecule has 0 amide bonds. The molecule has 2 fully saturated rings. The fourth-order valence-corrected chi connectivity index (χ4v) is 8.25. The van der Waals surface area contributed by atoms with E-state index in [0.29, 0.717) is 38.3 Å². The van der Waals surface area contributed by atoms with Gasteiger partial charge >= 0.3 is 0 Å². The van der Waals surface area contributed by atoms with Crippen LogP contribution < -0.4 is 14.8 Å². The van der Waals surface area contributed by atoms with E-state index in [1.54, 1.807) is 48.1 Å². The van der Waals surface area contributed by atoms with E-state index in [9.17, 15) is 21.9 Å². The highest BCUT2D eigenvalue weighted by Gasteiger charge is 2.44. The molecule has 0 radical (unpaired) electrons. The summed E-state index contributed by atoms with van der Waals surface area (Å²) in [7, 11) is -7.27. The molecule has 0 saturated carbocycles. The molecule has 3 heterocycles. The molecule has 0 bridgehead atoms. The Bertz CT molecular complexity index is 1640. The number of ether oxygens (including phenoxy) is 2. The van der Waals surface area contributed by atoms with Crippen molar-refractivity contribution in [2.75, 3.05) is 39.4 Å². The fourth-order valence-electron chi connectivity index (χ4n) is 5.69. The molecule has 5 rings (SSSR count). The van der Waals surface area contributed by atoms with Gasteiger partial charge in [0.2, 0.25) is 20.0 Å². The van der Waals surface area contributed by atoms with Crippen molar-refractivity contribution in [3.8, 4) is 16.9 Å². The van der Waals surface area contributed by atoms with Crippen molar-refractivity contribution in [1.29, 1.82) is 0 Å². The number of sulfonamides is 2. The zero-order chi connectivity index (χ0) is 31.4. The Morgan fingerprint density at radius 1 is 1.07 bits per heavy atom. The lowest BCUT2D eigenvalue weighted by Gasteiger charge is -2.38. The Labute approximate surface area is 259 Å². The molecule has 2 saturated heterocycles. The highest BCUT2D eigenvalue weighted by molar-refractivity contribution is 7.89. The maximum atomic E-state index is 13.5. The number of aromatic nitrogens is 2. The average molecular weight is 648 g/mol. The van der Waals surface area contributed by atoms with Gasteiger partial charge in [-0.1, -0.05) is 25.1 Å². The molecule has 44 heavy (non-hydrogen) atoms. The van der Waals surface area contributed by atoms with Crippen molar-refractivity contribution in [2.24, 2.45) is 0 Å². The molecule has 2 unspecified atom stereocenters. The molecular formula is C30H41N5O7S2. The second kappa shape index (κ2) is 13.6. The standard InChI is InChI=1S/C30H41N5O7S2/c1-3-33-43(37,38)28-9-6-8-27(16-28)41-22-26(36)19-31-25-17-30(42-21-25)11-13-35(14-12-30)44(39,40)29-10-5-7-23(15-29)24-18-32-34(4-2)20-24/h5-10,15-16,18,20,25-26,31,33,36H,3-4,11-14,17,19,21-22H2,1-2H3. The van der Waals surface area contributed by atoms with Crippen LogP contribution in [-0.2, 0) is 31.3 Å². The molecule has 14 heteroatoms. The van der Waals surface area contributed by atoms with Crippen LogP contribution in [0.3, 0.4) is 0 Å². The first-order chi connectivity index (χ1) is 21.0. The van der Waals surface area contributed by atoms with E-state index in [-0.39, 0.29) is 35.5 Å². The first-order valence-electron chi connectivity index (χ1n) is 14.9. The summed E-state index contributed by atoms with van der Waals surface area (Å²) in [5, 5.41) is 18.1. The van der Waals surface area contributed by atoms with E-state index in [4.69, 9.17) is 9.47 Å². The topological polar surface area (TPSA) is 152 Å². The fraction of sp³-hybridized carbons (Fsp3) is 0.500. The van der Waals surface area contributed by atoms with Crippen molar-refractivity contribution in [3.05, 3.63) is 60.9 Å². The maximum absolute atomic E-state index is 13.5. The van der Waals surface area contributed by atoms with Crippen molar-refractivity contribution < 1.29 is 31.4 Å². The highest BCUT2D eigenvalue weighted by Crippen LogP contribution is 2.37. The maximum Gasteiger partial charge on any atom is 0.243 e.